The zero-order valence-electron chi connectivity index (χ0n) is 17.7. The van der Waals surface area contributed by atoms with Crippen molar-refractivity contribution in [3.63, 3.8) is 0 Å². The minimum Gasteiger partial charge on any atom is -0.336 e. The van der Waals surface area contributed by atoms with E-state index in [4.69, 9.17) is 0 Å². The summed E-state index contributed by atoms with van der Waals surface area (Å²) in [6, 6.07) is 8.90. The molecular weight excluding hydrogens is 354 g/mol. The molecule has 0 spiro atoms. The van der Waals surface area contributed by atoms with Crippen LogP contribution in [-0.2, 0) is 15.1 Å². The van der Waals surface area contributed by atoms with E-state index in [1.54, 1.807) is 0 Å². The van der Waals surface area contributed by atoms with E-state index in [2.05, 4.69) is 5.32 Å². The van der Waals surface area contributed by atoms with Crippen LogP contribution in [0.2, 0.25) is 0 Å². The molecule has 1 heterocycles. The van der Waals surface area contributed by atoms with Crippen LogP contribution < -0.4 is 5.32 Å². The van der Waals surface area contributed by atoms with Crippen molar-refractivity contribution < 1.29 is 14.4 Å². The lowest BCUT2D eigenvalue weighted by Crippen LogP contribution is -2.50. The number of hydrogen-bond acceptors (Lipinski definition) is 3. The molecular formula is C22H33N3O3. The zero-order chi connectivity index (χ0) is 20.9. The van der Waals surface area contributed by atoms with Gasteiger partial charge in [0.1, 0.15) is 12.1 Å². The molecule has 1 aliphatic rings. The molecule has 6 heteroatoms. The minimum atomic E-state index is -1.09. The predicted molar refractivity (Wildman–Crippen MR) is 110 cm³/mol. The highest BCUT2D eigenvalue weighted by molar-refractivity contribution is 6.09. The number of urea groups is 1. The molecule has 1 aromatic rings. The third-order valence-corrected chi connectivity index (χ3v) is 5.78. The first-order valence-corrected chi connectivity index (χ1v) is 10.3. The van der Waals surface area contributed by atoms with E-state index in [1.807, 2.05) is 69.9 Å². The van der Waals surface area contributed by atoms with Crippen LogP contribution in [0, 0.1) is 0 Å². The van der Waals surface area contributed by atoms with Crippen LogP contribution in [0.4, 0.5) is 4.79 Å². The van der Waals surface area contributed by atoms with E-state index in [-0.39, 0.29) is 30.4 Å². The van der Waals surface area contributed by atoms with Crippen LogP contribution >= 0.6 is 0 Å². The Morgan fingerprint density at radius 1 is 1.07 bits per heavy atom. The molecule has 1 N–H and O–H groups in total. The SMILES string of the molecule is CCC[C@@]1(c2ccccc2)NC(=O)N(CC(=O)N([C@@H](C)CC)[C@@H](C)CC)C1=O. The third kappa shape index (κ3) is 4.05. The second kappa shape index (κ2) is 9.22. The quantitative estimate of drug-likeness (QED) is 0.658. The molecule has 3 atom stereocenters. The van der Waals surface area contributed by atoms with E-state index in [0.29, 0.717) is 6.42 Å². The number of amides is 4. The molecule has 6 nitrogen and oxygen atoms in total. The number of nitrogens with zero attached hydrogens (tertiary/aromatic N) is 2. The first-order valence-electron chi connectivity index (χ1n) is 10.3. The molecule has 1 aliphatic heterocycles. The number of benzene rings is 1. The smallest absolute Gasteiger partial charge is 0.325 e. The Hall–Kier alpha value is -2.37. The summed E-state index contributed by atoms with van der Waals surface area (Å²) < 4.78 is 0. The molecule has 28 heavy (non-hydrogen) atoms. The Balaban J connectivity index is 2.30. The van der Waals surface area contributed by atoms with Crippen molar-refractivity contribution in [1.82, 2.24) is 15.1 Å². The number of carbonyl (C=O) groups is 3. The fourth-order valence-corrected chi connectivity index (χ4v) is 3.91. The summed E-state index contributed by atoms with van der Waals surface area (Å²) in [5.74, 6) is -0.528. The summed E-state index contributed by atoms with van der Waals surface area (Å²) >= 11 is 0. The molecule has 0 aliphatic carbocycles. The summed E-state index contributed by atoms with van der Waals surface area (Å²) in [6.45, 7) is 9.82. The predicted octanol–water partition coefficient (Wildman–Crippen LogP) is 3.66. The van der Waals surface area contributed by atoms with E-state index < -0.39 is 11.6 Å². The average Bonchev–Trinajstić information content (AvgIpc) is 2.93. The molecule has 154 valence electrons. The lowest BCUT2D eigenvalue weighted by atomic mass is 9.85. The first kappa shape index (κ1) is 21.9. The molecule has 2 rings (SSSR count). The summed E-state index contributed by atoms with van der Waals surface area (Å²) in [4.78, 5) is 42.0. The van der Waals surface area contributed by atoms with E-state index in [0.717, 1.165) is 29.7 Å². The standard InChI is InChI=1S/C22H33N3O3/c1-6-14-22(18-12-10-9-11-13-18)20(27)24(21(28)23-22)15-19(26)25(16(4)7-2)17(5)8-3/h9-13,16-17H,6-8,14-15H2,1-5H3,(H,23,28)/t16-,17-,22-/m0/s1. The third-order valence-electron chi connectivity index (χ3n) is 5.78. The highest BCUT2D eigenvalue weighted by Gasteiger charge is 2.52. The van der Waals surface area contributed by atoms with Gasteiger partial charge in [-0.3, -0.25) is 14.5 Å². The number of rotatable bonds is 9. The topological polar surface area (TPSA) is 69.7 Å². The van der Waals surface area contributed by atoms with Gasteiger partial charge in [-0.1, -0.05) is 57.5 Å². The average molecular weight is 388 g/mol. The van der Waals surface area contributed by atoms with Gasteiger partial charge in [0.2, 0.25) is 5.91 Å². The minimum absolute atomic E-state index is 0.0535. The van der Waals surface area contributed by atoms with Crippen molar-refractivity contribution in [2.45, 2.75) is 77.9 Å². The fraction of sp³-hybridized carbons (Fsp3) is 0.591. The highest BCUT2D eigenvalue weighted by Crippen LogP contribution is 2.33. The molecule has 0 unspecified atom stereocenters. The second-order valence-electron chi connectivity index (χ2n) is 7.66. The van der Waals surface area contributed by atoms with Crippen LogP contribution in [0.25, 0.3) is 0 Å². The lowest BCUT2D eigenvalue weighted by molar-refractivity contribution is -0.142. The van der Waals surface area contributed by atoms with Gasteiger partial charge in [-0.25, -0.2) is 4.79 Å². The number of imide groups is 1. The van der Waals surface area contributed by atoms with Crippen molar-refractivity contribution in [3.05, 3.63) is 35.9 Å². The second-order valence-corrected chi connectivity index (χ2v) is 7.66. The van der Waals surface area contributed by atoms with E-state index in [1.165, 1.54) is 0 Å². The molecule has 1 aromatic carbocycles. The van der Waals surface area contributed by atoms with Crippen LogP contribution in [-0.4, -0.2) is 46.3 Å². The Labute approximate surface area is 168 Å². The normalized spacial score (nSPS) is 21.4. The monoisotopic (exact) mass is 387 g/mol. The van der Waals surface area contributed by atoms with Crippen LogP contribution in [0.3, 0.4) is 0 Å². The molecule has 1 fully saturated rings. The Morgan fingerprint density at radius 3 is 2.14 bits per heavy atom. The molecule has 4 amide bonds. The molecule has 1 saturated heterocycles. The molecule has 0 aromatic heterocycles. The van der Waals surface area contributed by atoms with E-state index >= 15 is 0 Å². The fourth-order valence-electron chi connectivity index (χ4n) is 3.91. The zero-order valence-corrected chi connectivity index (χ0v) is 17.7. The van der Waals surface area contributed by atoms with Gasteiger partial charge < -0.3 is 10.2 Å². The number of hydrogen-bond donors (Lipinski definition) is 1. The van der Waals surface area contributed by atoms with Crippen molar-refractivity contribution in [1.29, 1.82) is 0 Å². The Kier molecular flexibility index (Phi) is 7.22. The lowest BCUT2D eigenvalue weighted by Gasteiger charge is -2.35. The van der Waals surface area contributed by atoms with Crippen molar-refractivity contribution in [2.75, 3.05) is 6.54 Å². The van der Waals surface area contributed by atoms with Crippen molar-refractivity contribution in [2.24, 2.45) is 0 Å². The molecule has 0 bridgehead atoms. The van der Waals surface area contributed by atoms with Crippen LogP contribution in [0.15, 0.2) is 30.3 Å². The van der Waals surface area contributed by atoms with Gasteiger partial charge in [0, 0.05) is 12.1 Å². The summed E-state index contributed by atoms with van der Waals surface area (Å²) in [6.07, 6.45) is 2.86. The van der Waals surface area contributed by atoms with Crippen molar-refractivity contribution >= 4 is 17.8 Å². The van der Waals surface area contributed by atoms with Gasteiger partial charge in [0.05, 0.1) is 0 Å². The maximum absolute atomic E-state index is 13.3. The van der Waals surface area contributed by atoms with Crippen LogP contribution in [0.1, 0.15) is 65.9 Å². The number of nitrogens with one attached hydrogen (secondary N) is 1. The van der Waals surface area contributed by atoms with Crippen molar-refractivity contribution in [3.8, 4) is 0 Å². The van der Waals surface area contributed by atoms with Gasteiger partial charge >= 0.3 is 6.03 Å². The highest BCUT2D eigenvalue weighted by atomic mass is 16.2. The van der Waals surface area contributed by atoms with Crippen LogP contribution in [0.5, 0.6) is 0 Å². The van der Waals surface area contributed by atoms with Gasteiger partial charge in [-0.05, 0) is 38.7 Å². The Morgan fingerprint density at radius 2 is 1.64 bits per heavy atom. The largest absolute Gasteiger partial charge is 0.336 e. The number of carbonyl (C=O) groups excluding carboxylic acids is 3. The first-order chi connectivity index (χ1) is 13.3. The summed E-state index contributed by atoms with van der Waals surface area (Å²) in [5.41, 5.74) is -0.337. The van der Waals surface area contributed by atoms with Gasteiger partial charge in [-0.15, -0.1) is 0 Å². The van der Waals surface area contributed by atoms with Gasteiger partial charge in [-0.2, -0.15) is 0 Å². The summed E-state index contributed by atoms with van der Waals surface area (Å²) in [5, 5.41) is 2.88. The maximum Gasteiger partial charge on any atom is 0.325 e. The van der Waals surface area contributed by atoms with Gasteiger partial charge in [0.25, 0.3) is 5.91 Å². The maximum atomic E-state index is 13.3. The molecule has 0 saturated carbocycles. The van der Waals surface area contributed by atoms with Gasteiger partial charge in [0.15, 0.2) is 0 Å². The van der Waals surface area contributed by atoms with E-state index in [9.17, 15) is 14.4 Å². The summed E-state index contributed by atoms with van der Waals surface area (Å²) in [7, 11) is 0. The molecule has 0 radical (unpaired) electrons. The Bertz CT molecular complexity index is 696.